The van der Waals surface area contributed by atoms with Crippen LogP contribution in [0.5, 0.6) is 5.75 Å². The number of aryl methyl sites for hydroxylation is 2. The number of amides is 1. The van der Waals surface area contributed by atoms with Crippen molar-refractivity contribution in [3.63, 3.8) is 0 Å². The van der Waals surface area contributed by atoms with Crippen LogP contribution in [0.3, 0.4) is 0 Å². The van der Waals surface area contributed by atoms with Crippen molar-refractivity contribution >= 4 is 5.91 Å². The zero-order valence-corrected chi connectivity index (χ0v) is 15.0. The maximum Gasteiger partial charge on any atom is 0.258 e. The predicted molar refractivity (Wildman–Crippen MR) is 95.4 cm³/mol. The summed E-state index contributed by atoms with van der Waals surface area (Å²) in [5, 5.41) is 2.97. The fourth-order valence-corrected chi connectivity index (χ4v) is 2.59. The number of rotatable bonds is 8. The number of furan rings is 1. The third-order valence-electron chi connectivity index (χ3n) is 3.96. The molecule has 2 rings (SSSR count). The second-order valence-electron chi connectivity index (χ2n) is 6.57. The normalized spacial score (nSPS) is 12.2. The highest BCUT2D eigenvalue weighted by atomic mass is 16.5. The average molecular weight is 329 g/mol. The first-order valence-electron chi connectivity index (χ1n) is 8.50. The Kier molecular flexibility index (Phi) is 6.47. The van der Waals surface area contributed by atoms with Crippen molar-refractivity contribution in [3.05, 3.63) is 53.5 Å². The van der Waals surface area contributed by atoms with Crippen LogP contribution in [0.2, 0.25) is 0 Å². The number of carbonyl (C=O) groups excluding carboxylic acids is 1. The number of carbonyl (C=O) groups is 1. The monoisotopic (exact) mass is 329 g/mol. The lowest BCUT2D eigenvalue weighted by atomic mass is 10.0. The third-order valence-corrected chi connectivity index (χ3v) is 3.96. The molecule has 4 heteroatoms. The van der Waals surface area contributed by atoms with Gasteiger partial charge in [0.15, 0.2) is 6.61 Å². The largest absolute Gasteiger partial charge is 0.483 e. The molecule has 1 amide bonds. The molecule has 2 aromatic rings. The van der Waals surface area contributed by atoms with Crippen molar-refractivity contribution in [3.8, 4) is 5.75 Å². The molecule has 0 aliphatic rings. The summed E-state index contributed by atoms with van der Waals surface area (Å²) in [6, 6.07) is 10.0. The van der Waals surface area contributed by atoms with Gasteiger partial charge in [0.2, 0.25) is 0 Å². The summed E-state index contributed by atoms with van der Waals surface area (Å²) >= 11 is 0. The Labute approximate surface area is 144 Å². The highest BCUT2D eigenvalue weighted by Gasteiger charge is 2.12. The summed E-state index contributed by atoms with van der Waals surface area (Å²) in [5.41, 5.74) is 2.25. The molecule has 0 bridgehead atoms. The second kappa shape index (κ2) is 8.57. The van der Waals surface area contributed by atoms with E-state index < -0.39 is 0 Å². The van der Waals surface area contributed by atoms with Gasteiger partial charge in [0.25, 0.3) is 5.91 Å². The van der Waals surface area contributed by atoms with Crippen LogP contribution in [0.1, 0.15) is 50.0 Å². The molecule has 0 fully saturated rings. The van der Waals surface area contributed by atoms with E-state index in [1.807, 2.05) is 32.0 Å². The van der Waals surface area contributed by atoms with Crippen molar-refractivity contribution in [2.24, 2.45) is 0 Å². The van der Waals surface area contributed by atoms with E-state index in [0.29, 0.717) is 5.92 Å². The van der Waals surface area contributed by atoms with Gasteiger partial charge in [-0.25, -0.2) is 0 Å². The van der Waals surface area contributed by atoms with Crippen LogP contribution in [-0.4, -0.2) is 18.6 Å². The minimum Gasteiger partial charge on any atom is -0.483 e. The number of nitrogens with one attached hydrogen (secondary N) is 1. The van der Waals surface area contributed by atoms with Crippen molar-refractivity contribution < 1.29 is 13.9 Å². The summed E-state index contributed by atoms with van der Waals surface area (Å²) in [6.07, 6.45) is 3.31. The summed E-state index contributed by atoms with van der Waals surface area (Å²) in [4.78, 5) is 12.1. The molecular formula is C20H27NO3. The lowest BCUT2D eigenvalue weighted by Gasteiger charge is -2.16. The Bertz CT molecular complexity index is 647. The molecule has 1 unspecified atom stereocenters. The van der Waals surface area contributed by atoms with Gasteiger partial charge in [0.1, 0.15) is 11.5 Å². The molecule has 1 aromatic carbocycles. The molecule has 0 saturated heterocycles. The van der Waals surface area contributed by atoms with Crippen molar-refractivity contribution in [2.75, 3.05) is 6.61 Å². The molecule has 1 aromatic heterocycles. The smallest absolute Gasteiger partial charge is 0.258 e. The molecule has 130 valence electrons. The first-order chi connectivity index (χ1) is 11.5. The Morgan fingerprint density at radius 1 is 1.25 bits per heavy atom. The molecule has 0 aliphatic heterocycles. The minimum atomic E-state index is -0.0989. The van der Waals surface area contributed by atoms with Crippen molar-refractivity contribution in [1.82, 2.24) is 5.32 Å². The topological polar surface area (TPSA) is 51.5 Å². The van der Waals surface area contributed by atoms with Gasteiger partial charge in [0.05, 0.1) is 6.26 Å². The zero-order valence-electron chi connectivity index (χ0n) is 15.0. The highest BCUT2D eigenvalue weighted by molar-refractivity contribution is 5.77. The van der Waals surface area contributed by atoms with Crippen LogP contribution in [0.4, 0.5) is 0 Å². The van der Waals surface area contributed by atoms with Gasteiger partial charge in [0, 0.05) is 12.5 Å². The van der Waals surface area contributed by atoms with Crippen LogP contribution in [0.25, 0.3) is 0 Å². The van der Waals surface area contributed by atoms with E-state index >= 15 is 0 Å². The Hall–Kier alpha value is -2.23. The van der Waals surface area contributed by atoms with Gasteiger partial charge in [-0.15, -0.1) is 0 Å². The average Bonchev–Trinajstić information content (AvgIpc) is 3.04. The molecule has 0 saturated carbocycles. The van der Waals surface area contributed by atoms with E-state index in [1.165, 1.54) is 0 Å². The summed E-state index contributed by atoms with van der Waals surface area (Å²) < 4.78 is 11.1. The first kappa shape index (κ1) is 18.1. The molecule has 4 nitrogen and oxygen atoms in total. The van der Waals surface area contributed by atoms with Crippen LogP contribution in [0, 0.1) is 6.92 Å². The molecular weight excluding hydrogens is 302 g/mol. The SMILES string of the molecule is Cc1ccc(C(C)C)c(OCC(=O)NC(C)CCc2ccco2)c1. The van der Waals surface area contributed by atoms with Gasteiger partial charge in [-0.2, -0.15) is 0 Å². The van der Waals surface area contributed by atoms with Crippen LogP contribution < -0.4 is 10.1 Å². The zero-order chi connectivity index (χ0) is 17.5. The van der Waals surface area contributed by atoms with E-state index in [4.69, 9.17) is 9.15 Å². The standard InChI is InChI=1S/C20H27NO3/c1-14(2)18-10-7-15(3)12-19(18)24-13-20(22)21-16(4)8-9-17-6-5-11-23-17/h5-7,10-12,14,16H,8-9,13H2,1-4H3,(H,21,22). The highest BCUT2D eigenvalue weighted by Crippen LogP contribution is 2.27. The number of hydrogen-bond donors (Lipinski definition) is 1. The maximum atomic E-state index is 12.1. The van der Waals surface area contributed by atoms with E-state index in [1.54, 1.807) is 6.26 Å². The second-order valence-corrected chi connectivity index (χ2v) is 6.57. The van der Waals surface area contributed by atoms with Crippen LogP contribution in [0.15, 0.2) is 41.0 Å². The first-order valence-corrected chi connectivity index (χ1v) is 8.50. The quantitative estimate of drug-likeness (QED) is 0.788. The summed E-state index contributed by atoms with van der Waals surface area (Å²) in [6.45, 7) is 8.29. The molecule has 0 aliphatic carbocycles. The lowest BCUT2D eigenvalue weighted by Crippen LogP contribution is -2.36. The van der Waals surface area contributed by atoms with Crippen LogP contribution >= 0.6 is 0 Å². The number of ether oxygens (including phenoxy) is 1. The Morgan fingerprint density at radius 3 is 2.71 bits per heavy atom. The molecule has 1 atom stereocenters. The lowest BCUT2D eigenvalue weighted by molar-refractivity contribution is -0.123. The van der Waals surface area contributed by atoms with Gasteiger partial charge in [-0.1, -0.05) is 26.0 Å². The van der Waals surface area contributed by atoms with E-state index in [2.05, 4.69) is 31.3 Å². The summed E-state index contributed by atoms with van der Waals surface area (Å²) in [7, 11) is 0. The fourth-order valence-electron chi connectivity index (χ4n) is 2.59. The number of benzene rings is 1. The molecule has 0 spiro atoms. The maximum absolute atomic E-state index is 12.1. The van der Waals surface area contributed by atoms with E-state index in [0.717, 1.165) is 35.5 Å². The third kappa shape index (κ3) is 5.44. The van der Waals surface area contributed by atoms with Gasteiger partial charge in [-0.3, -0.25) is 4.79 Å². The summed E-state index contributed by atoms with van der Waals surface area (Å²) in [5.74, 6) is 1.99. The van der Waals surface area contributed by atoms with Gasteiger partial charge in [-0.05, 0) is 55.5 Å². The van der Waals surface area contributed by atoms with Crippen LogP contribution in [-0.2, 0) is 11.2 Å². The van der Waals surface area contributed by atoms with Crippen molar-refractivity contribution in [2.45, 2.75) is 52.5 Å². The van der Waals surface area contributed by atoms with E-state index in [-0.39, 0.29) is 18.6 Å². The minimum absolute atomic E-state index is 0.0360. The van der Waals surface area contributed by atoms with Gasteiger partial charge < -0.3 is 14.5 Å². The Morgan fingerprint density at radius 2 is 2.04 bits per heavy atom. The molecule has 24 heavy (non-hydrogen) atoms. The molecule has 1 heterocycles. The predicted octanol–water partition coefficient (Wildman–Crippen LogP) is 4.23. The van der Waals surface area contributed by atoms with E-state index in [9.17, 15) is 4.79 Å². The Balaban J connectivity index is 1.81. The molecule has 1 N–H and O–H groups in total. The fraction of sp³-hybridized carbons (Fsp3) is 0.450. The molecule has 0 radical (unpaired) electrons. The van der Waals surface area contributed by atoms with Crippen molar-refractivity contribution in [1.29, 1.82) is 0 Å². The number of hydrogen-bond acceptors (Lipinski definition) is 3. The van der Waals surface area contributed by atoms with Gasteiger partial charge >= 0.3 is 0 Å².